The molecule has 54 valence electrons. The van der Waals surface area contributed by atoms with Gasteiger partial charge >= 0.3 is 0 Å². The fourth-order valence-corrected chi connectivity index (χ4v) is 0.812. The normalized spacial score (nSPS) is 11.2. The zero-order valence-electron chi connectivity index (χ0n) is 5.22. The van der Waals surface area contributed by atoms with E-state index >= 15 is 0 Å². The van der Waals surface area contributed by atoms with Crippen LogP contribution in [0, 0.1) is 5.41 Å². The maximum Gasteiger partial charge on any atom is 0.211 e. The smallest absolute Gasteiger partial charge is 0.211 e. The van der Waals surface area contributed by atoms with Gasteiger partial charge in [0.2, 0.25) is 10.0 Å². The first-order chi connectivity index (χ1) is 4.12. The molecule has 0 aliphatic carbocycles. The second-order valence-corrected chi connectivity index (χ2v) is 3.55. The van der Waals surface area contributed by atoms with Crippen LogP contribution in [0.3, 0.4) is 0 Å². The maximum atomic E-state index is 10.5. The van der Waals surface area contributed by atoms with E-state index < -0.39 is 10.0 Å². The van der Waals surface area contributed by atoms with Crippen LogP contribution in [0.5, 0.6) is 0 Å². The van der Waals surface area contributed by atoms with Crippen LogP contribution < -0.4 is 4.72 Å². The topological polar surface area (TPSA) is 70.0 Å². The van der Waals surface area contributed by atoms with Crippen LogP contribution in [0.2, 0.25) is 0 Å². The summed E-state index contributed by atoms with van der Waals surface area (Å²) >= 11 is 0. The monoisotopic (exact) mass is 150 g/mol. The lowest BCUT2D eigenvalue weighted by Crippen LogP contribution is -2.26. The summed E-state index contributed by atoms with van der Waals surface area (Å²) in [6, 6.07) is 0. The molecule has 0 spiro atoms. The lowest BCUT2D eigenvalue weighted by atomic mass is 10.8. The highest BCUT2D eigenvalue weighted by atomic mass is 32.2. The lowest BCUT2D eigenvalue weighted by Gasteiger charge is -1.97. The Balaban J connectivity index is 3.74. The Morgan fingerprint density at radius 2 is 2.22 bits per heavy atom. The van der Waals surface area contributed by atoms with Gasteiger partial charge in [-0.15, -0.1) is 0 Å². The van der Waals surface area contributed by atoms with Crippen molar-refractivity contribution in [1.82, 2.24) is 4.72 Å². The van der Waals surface area contributed by atoms with Gasteiger partial charge < -0.3 is 5.41 Å². The molecule has 0 heterocycles. The van der Waals surface area contributed by atoms with Crippen molar-refractivity contribution in [3.05, 3.63) is 0 Å². The molecule has 4 nitrogen and oxygen atoms in total. The van der Waals surface area contributed by atoms with Gasteiger partial charge in [0.1, 0.15) is 0 Å². The van der Waals surface area contributed by atoms with Gasteiger partial charge in [-0.2, -0.15) is 0 Å². The minimum absolute atomic E-state index is 0.0703. The van der Waals surface area contributed by atoms with Crippen molar-refractivity contribution < 1.29 is 8.42 Å². The molecule has 5 heteroatoms. The third kappa shape index (κ3) is 4.11. The van der Waals surface area contributed by atoms with Gasteiger partial charge in [-0.3, -0.25) is 0 Å². The van der Waals surface area contributed by atoms with E-state index in [-0.39, 0.29) is 12.3 Å². The summed E-state index contributed by atoms with van der Waals surface area (Å²) in [6.45, 7) is 1.64. The highest BCUT2D eigenvalue weighted by Crippen LogP contribution is 1.78. The van der Waals surface area contributed by atoms with Crippen LogP contribution in [-0.2, 0) is 10.0 Å². The second-order valence-electron chi connectivity index (χ2n) is 1.46. The lowest BCUT2D eigenvalue weighted by molar-refractivity contribution is 0.588. The van der Waals surface area contributed by atoms with Crippen LogP contribution >= 0.6 is 0 Å². The quantitative estimate of drug-likeness (QED) is 0.534. The minimum atomic E-state index is -3.08. The molecular weight excluding hydrogens is 140 g/mol. The molecule has 0 unspecified atom stereocenters. The van der Waals surface area contributed by atoms with E-state index in [0.29, 0.717) is 0 Å². The van der Waals surface area contributed by atoms with Crippen LogP contribution in [-0.4, -0.2) is 26.9 Å². The molecule has 0 saturated heterocycles. The maximum absolute atomic E-state index is 10.5. The van der Waals surface area contributed by atoms with E-state index in [4.69, 9.17) is 5.41 Å². The number of rotatable bonds is 4. The van der Waals surface area contributed by atoms with Gasteiger partial charge in [-0.25, -0.2) is 13.1 Å². The van der Waals surface area contributed by atoms with Crippen molar-refractivity contribution in [3.8, 4) is 0 Å². The van der Waals surface area contributed by atoms with E-state index in [0.717, 1.165) is 6.21 Å². The Morgan fingerprint density at radius 3 is 2.56 bits per heavy atom. The van der Waals surface area contributed by atoms with Crippen LogP contribution in [0.4, 0.5) is 0 Å². The number of hydrogen-bond acceptors (Lipinski definition) is 3. The van der Waals surface area contributed by atoms with Gasteiger partial charge in [0, 0.05) is 12.8 Å². The number of nitrogens with one attached hydrogen (secondary N) is 2. The highest BCUT2D eigenvalue weighted by molar-refractivity contribution is 7.89. The van der Waals surface area contributed by atoms with Gasteiger partial charge in [0.05, 0.1) is 5.75 Å². The van der Waals surface area contributed by atoms with Crippen molar-refractivity contribution in [2.75, 3.05) is 12.3 Å². The number of sulfonamides is 1. The Kier molecular flexibility index (Phi) is 3.41. The van der Waals surface area contributed by atoms with E-state index in [9.17, 15) is 8.42 Å². The summed E-state index contributed by atoms with van der Waals surface area (Å²) in [5, 5.41) is 6.51. The van der Waals surface area contributed by atoms with E-state index in [1.165, 1.54) is 0 Å². The van der Waals surface area contributed by atoms with Crippen LogP contribution in [0.25, 0.3) is 0 Å². The molecule has 0 radical (unpaired) electrons. The molecule has 0 aliphatic heterocycles. The van der Waals surface area contributed by atoms with Gasteiger partial charge in [-0.1, -0.05) is 0 Å². The van der Waals surface area contributed by atoms with Crippen molar-refractivity contribution >= 4 is 16.2 Å². The zero-order chi connectivity index (χ0) is 7.33. The average molecular weight is 150 g/mol. The molecule has 0 aliphatic rings. The molecule has 0 bridgehead atoms. The highest BCUT2D eigenvalue weighted by Gasteiger charge is 2.01. The van der Waals surface area contributed by atoms with Crippen molar-refractivity contribution in [1.29, 1.82) is 5.41 Å². The Bertz CT molecular complexity index is 173. The molecule has 0 amide bonds. The average Bonchev–Trinajstić information content (AvgIpc) is 1.84. The molecule has 0 atom stereocenters. The summed E-state index contributed by atoms with van der Waals surface area (Å²) in [6.07, 6.45) is 1.01. The van der Waals surface area contributed by atoms with Crippen LogP contribution in [0.15, 0.2) is 0 Å². The van der Waals surface area contributed by atoms with Crippen LogP contribution in [0.1, 0.15) is 6.92 Å². The number of hydrogen-bond donors (Lipinski definition) is 2. The standard InChI is InChI=1S/C4H10N2O2S/c1-2-9(7,8)6-4-3-5/h3,5-6H,2,4H2,1H3. The Morgan fingerprint density at radius 1 is 1.67 bits per heavy atom. The molecule has 0 saturated carbocycles. The largest absolute Gasteiger partial charge is 0.312 e. The zero-order valence-corrected chi connectivity index (χ0v) is 6.03. The van der Waals surface area contributed by atoms with Gasteiger partial charge in [0.15, 0.2) is 0 Å². The summed E-state index contributed by atoms with van der Waals surface area (Å²) < 4.78 is 23.3. The molecule has 2 N–H and O–H groups in total. The predicted molar refractivity (Wildman–Crippen MR) is 36.2 cm³/mol. The molecule has 0 aromatic heterocycles. The third-order valence-corrected chi connectivity index (χ3v) is 2.15. The van der Waals surface area contributed by atoms with E-state index in [2.05, 4.69) is 4.72 Å². The molecule has 9 heavy (non-hydrogen) atoms. The van der Waals surface area contributed by atoms with E-state index in [1.54, 1.807) is 6.92 Å². The summed E-state index contributed by atoms with van der Waals surface area (Å²) in [5.74, 6) is 0.0703. The first kappa shape index (κ1) is 8.58. The summed E-state index contributed by atoms with van der Waals surface area (Å²) in [4.78, 5) is 0. The molecule has 0 rings (SSSR count). The summed E-state index contributed by atoms with van der Waals surface area (Å²) in [7, 11) is -3.08. The molecule has 0 aromatic carbocycles. The fourth-order valence-electron chi connectivity index (χ4n) is 0.271. The fraction of sp³-hybridized carbons (Fsp3) is 0.750. The van der Waals surface area contributed by atoms with Crippen molar-refractivity contribution in [2.45, 2.75) is 6.92 Å². The van der Waals surface area contributed by atoms with Gasteiger partial charge in [-0.05, 0) is 6.92 Å². The van der Waals surface area contributed by atoms with Crippen molar-refractivity contribution in [3.63, 3.8) is 0 Å². The van der Waals surface area contributed by atoms with E-state index in [1.807, 2.05) is 0 Å². The Labute approximate surface area is 54.8 Å². The summed E-state index contributed by atoms with van der Waals surface area (Å²) in [5.41, 5.74) is 0. The first-order valence-electron chi connectivity index (χ1n) is 2.58. The molecule has 0 aromatic rings. The molecular formula is C4H10N2O2S. The predicted octanol–water partition coefficient (Wildman–Crippen LogP) is -0.425. The second kappa shape index (κ2) is 3.58. The van der Waals surface area contributed by atoms with Gasteiger partial charge in [0.25, 0.3) is 0 Å². The Hall–Kier alpha value is -0.420. The van der Waals surface area contributed by atoms with Crippen molar-refractivity contribution in [2.24, 2.45) is 0 Å². The third-order valence-electron chi connectivity index (χ3n) is 0.785. The molecule has 0 fully saturated rings. The SMILES string of the molecule is CCS(=O)(=O)NCC=N. The minimum Gasteiger partial charge on any atom is -0.312 e. The first-order valence-corrected chi connectivity index (χ1v) is 4.24.